The Bertz CT molecular complexity index is 2510. The monoisotopic (exact) mass is 810 g/mol. The summed E-state index contributed by atoms with van der Waals surface area (Å²) in [6.07, 6.45) is 3.83. The molecule has 0 bridgehead atoms. The van der Waals surface area contributed by atoms with Crippen LogP contribution in [0.4, 0.5) is 0 Å². The molecule has 0 fully saturated rings. The van der Waals surface area contributed by atoms with Gasteiger partial charge in [-0.2, -0.15) is 0 Å². The fourth-order valence-electron chi connectivity index (χ4n) is 6.57. The van der Waals surface area contributed by atoms with Crippen molar-refractivity contribution in [2.24, 2.45) is 0 Å². The number of fused-ring (bicyclic) bond motifs is 6. The Morgan fingerprint density at radius 1 is 0.571 bits per heavy atom. The van der Waals surface area contributed by atoms with Gasteiger partial charge in [-0.25, -0.2) is 0 Å². The van der Waals surface area contributed by atoms with Gasteiger partial charge in [-0.1, -0.05) is 105 Å². The molecular weight excluding hydrogens is 775 g/mol. The molecule has 0 saturated carbocycles. The number of nitrogens with zero attached hydrogens (tertiary/aromatic N) is 3. The van der Waals surface area contributed by atoms with E-state index in [1.54, 1.807) is 0 Å². The van der Waals surface area contributed by atoms with Crippen molar-refractivity contribution in [2.45, 2.75) is 33.1 Å². The molecule has 0 aliphatic rings. The molecule has 9 rings (SSSR count). The molecule has 0 atom stereocenters. The van der Waals surface area contributed by atoms with Crippen molar-refractivity contribution in [2.75, 3.05) is 0 Å². The van der Waals surface area contributed by atoms with Gasteiger partial charge in [-0.05, 0) is 69.0 Å². The van der Waals surface area contributed by atoms with Gasteiger partial charge in [0.15, 0.2) is 0 Å². The average molecular weight is 810 g/mol. The number of pyridine rings is 2. The van der Waals surface area contributed by atoms with Crippen molar-refractivity contribution >= 4 is 38.1 Å². The Morgan fingerprint density at radius 3 is 1.96 bits per heavy atom. The van der Waals surface area contributed by atoms with Gasteiger partial charge in [0.05, 0.1) is 5.52 Å². The second-order valence-electron chi connectivity index (χ2n) is 13.5. The Morgan fingerprint density at radius 2 is 1.29 bits per heavy atom. The summed E-state index contributed by atoms with van der Waals surface area (Å²) in [5.41, 5.74) is 12.7. The first-order valence-electron chi connectivity index (χ1n) is 16.4. The minimum atomic E-state index is 0. The molecule has 4 heteroatoms. The van der Waals surface area contributed by atoms with Gasteiger partial charge in [0.25, 0.3) is 0 Å². The van der Waals surface area contributed by atoms with E-state index in [4.69, 9.17) is 4.98 Å². The van der Waals surface area contributed by atoms with Crippen LogP contribution in [0.25, 0.3) is 71.7 Å². The van der Waals surface area contributed by atoms with E-state index in [0.717, 1.165) is 28.1 Å². The molecule has 4 aromatic heterocycles. The van der Waals surface area contributed by atoms with Crippen LogP contribution in [0.3, 0.4) is 0 Å². The number of aromatic nitrogens is 3. The molecule has 0 aliphatic carbocycles. The number of aryl methyl sites for hydroxylation is 1. The molecule has 0 N–H and O–H groups in total. The van der Waals surface area contributed by atoms with E-state index < -0.39 is 0 Å². The second-order valence-corrected chi connectivity index (χ2v) is 13.5. The normalized spacial score (nSPS) is 11.5. The van der Waals surface area contributed by atoms with Crippen LogP contribution in [0.1, 0.15) is 31.9 Å². The molecule has 0 unspecified atom stereocenters. The van der Waals surface area contributed by atoms with Crippen LogP contribution >= 0.6 is 0 Å². The molecule has 0 amide bonds. The van der Waals surface area contributed by atoms with E-state index in [0.29, 0.717) is 0 Å². The van der Waals surface area contributed by atoms with Crippen LogP contribution in [0.5, 0.6) is 0 Å². The summed E-state index contributed by atoms with van der Waals surface area (Å²) in [6.45, 7) is 8.86. The molecule has 0 aliphatic heterocycles. The summed E-state index contributed by atoms with van der Waals surface area (Å²) in [5.74, 6) is 0. The average Bonchev–Trinajstić information content (AvgIpc) is 3.64. The maximum absolute atomic E-state index is 4.78. The summed E-state index contributed by atoms with van der Waals surface area (Å²) in [4.78, 5) is 9.10. The standard InChI is InChI=1S/C33H25N2.C12H10N.Ir/c1-33(2,3)24-14-17-31-28(19-24)26-11-7-10-25-27-18-22(13-16-30(27)35(31)32(25)26)29-15-12-23(20-34-29)21-8-5-4-6-9-21;1-10-7-8-12(13-9-10)11-5-3-2-4-6-11;/h4-12,14-20H,1-3H3;2-5,7-9H,1H3;/q2*-1;. The van der Waals surface area contributed by atoms with E-state index in [1.165, 1.54) is 54.8 Å². The van der Waals surface area contributed by atoms with Gasteiger partial charge >= 0.3 is 0 Å². The fraction of sp³-hybridized carbons (Fsp3) is 0.111. The number of benzene rings is 5. The summed E-state index contributed by atoms with van der Waals surface area (Å²) in [6, 6.07) is 51.2. The number of hydrogen-bond acceptors (Lipinski definition) is 2. The topological polar surface area (TPSA) is 30.2 Å². The molecule has 3 nitrogen and oxygen atoms in total. The third kappa shape index (κ3) is 6.03. The largest absolute Gasteiger partial charge is 0.350 e. The summed E-state index contributed by atoms with van der Waals surface area (Å²) < 4.78 is 2.41. The van der Waals surface area contributed by atoms with Crippen molar-refractivity contribution < 1.29 is 20.1 Å². The van der Waals surface area contributed by atoms with E-state index >= 15 is 0 Å². The van der Waals surface area contributed by atoms with E-state index in [2.05, 4.69) is 133 Å². The molecule has 241 valence electrons. The van der Waals surface area contributed by atoms with Crippen LogP contribution in [-0.4, -0.2) is 14.4 Å². The van der Waals surface area contributed by atoms with Crippen molar-refractivity contribution in [1.82, 2.24) is 14.4 Å². The predicted molar refractivity (Wildman–Crippen MR) is 201 cm³/mol. The zero-order valence-corrected chi connectivity index (χ0v) is 30.3. The second kappa shape index (κ2) is 13.0. The molecule has 49 heavy (non-hydrogen) atoms. The van der Waals surface area contributed by atoms with Crippen LogP contribution in [-0.2, 0) is 25.5 Å². The molecular formula is C45H35IrN3-2. The number of hydrogen-bond donors (Lipinski definition) is 0. The Balaban J connectivity index is 0.000000228. The molecule has 1 radical (unpaired) electrons. The Labute approximate surface area is 301 Å². The van der Waals surface area contributed by atoms with Gasteiger partial charge in [0.1, 0.15) is 0 Å². The maximum Gasteiger partial charge on any atom is 0.0516 e. The Kier molecular flexibility index (Phi) is 8.62. The first-order chi connectivity index (χ1) is 23.3. The third-order valence-electron chi connectivity index (χ3n) is 9.16. The van der Waals surface area contributed by atoms with Gasteiger partial charge in [-0.15, -0.1) is 59.7 Å². The number of rotatable bonds is 3. The van der Waals surface area contributed by atoms with Crippen molar-refractivity contribution in [1.29, 1.82) is 0 Å². The van der Waals surface area contributed by atoms with E-state index in [1.807, 2.05) is 55.7 Å². The van der Waals surface area contributed by atoms with Crippen LogP contribution < -0.4 is 0 Å². The van der Waals surface area contributed by atoms with Gasteiger partial charge in [0.2, 0.25) is 0 Å². The van der Waals surface area contributed by atoms with Crippen molar-refractivity contribution in [3.05, 3.63) is 163 Å². The predicted octanol–water partition coefficient (Wildman–Crippen LogP) is 11.5. The summed E-state index contributed by atoms with van der Waals surface area (Å²) >= 11 is 0. The molecule has 5 aromatic carbocycles. The first kappa shape index (κ1) is 32.4. The fourth-order valence-corrected chi connectivity index (χ4v) is 6.57. The Hall–Kier alpha value is -5.15. The van der Waals surface area contributed by atoms with Crippen LogP contribution in [0.2, 0.25) is 0 Å². The van der Waals surface area contributed by atoms with Gasteiger partial charge < -0.3 is 14.4 Å². The summed E-state index contributed by atoms with van der Waals surface area (Å²) in [5, 5.41) is 5.16. The first-order valence-corrected chi connectivity index (χ1v) is 16.4. The quantitative estimate of drug-likeness (QED) is 0.166. The van der Waals surface area contributed by atoms with Crippen molar-refractivity contribution in [3.8, 4) is 33.6 Å². The maximum atomic E-state index is 4.78. The number of para-hydroxylation sites is 1. The van der Waals surface area contributed by atoms with Gasteiger partial charge in [-0.3, -0.25) is 0 Å². The van der Waals surface area contributed by atoms with E-state index in [-0.39, 0.29) is 25.5 Å². The molecule has 0 saturated heterocycles. The van der Waals surface area contributed by atoms with E-state index in [9.17, 15) is 0 Å². The molecule has 4 heterocycles. The van der Waals surface area contributed by atoms with Crippen LogP contribution in [0, 0.1) is 19.1 Å². The third-order valence-corrected chi connectivity index (χ3v) is 9.16. The molecule has 9 aromatic rings. The SMILES string of the molecule is CC(C)(C)c1ccc2c(c1)c1cccc3c4cc(-c5ccc(-c6ccccc6)cn5)[c-]cc4n2c31.Cc1ccc(-c2[c-]cccc2)nc1.[Ir]. The van der Waals surface area contributed by atoms with Crippen molar-refractivity contribution in [3.63, 3.8) is 0 Å². The van der Waals surface area contributed by atoms with Gasteiger partial charge in [0, 0.05) is 48.8 Å². The minimum absolute atomic E-state index is 0. The van der Waals surface area contributed by atoms with Crippen LogP contribution in [0.15, 0.2) is 140 Å². The molecule has 0 spiro atoms. The minimum Gasteiger partial charge on any atom is -0.350 e. The smallest absolute Gasteiger partial charge is 0.0516 e. The zero-order valence-electron chi connectivity index (χ0n) is 28.0. The zero-order chi connectivity index (χ0) is 32.8. The summed E-state index contributed by atoms with van der Waals surface area (Å²) in [7, 11) is 0.